The van der Waals surface area contributed by atoms with Crippen molar-refractivity contribution in [3.05, 3.63) is 35.6 Å². The minimum absolute atomic E-state index is 0.0951. The maximum absolute atomic E-state index is 13.7. The van der Waals surface area contributed by atoms with Gasteiger partial charge in [0.15, 0.2) is 17.9 Å². The summed E-state index contributed by atoms with van der Waals surface area (Å²) in [5.74, 6) is -1.21. The van der Waals surface area contributed by atoms with Crippen molar-refractivity contribution in [2.75, 3.05) is 23.8 Å². The van der Waals surface area contributed by atoms with E-state index < -0.39 is 36.2 Å². The Kier molecular flexibility index (Phi) is 9.78. The third kappa shape index (κ3) is 8.04. The number of hydrogen-bond donors (Lipinski definition) is 2. The summed E-state index contributed by atoms with van der Waals surface area (Å²) < 4.78 is 50.5. The molecule has 2 aromatic rings. The Morgan fingerprint density at radius 3 is 2.31 bits per heavy atom. The van der Waals surface area contributed by atoms with Crippen molar-refractivity contribution >= 4 is 11.9 Å². The van der Waals surface area contributed by atoms with Crippen LogP contribution in [0.15, 0.2) is 24.3 Å². The van der Waals surface area contributed by atoms with Crippen LogP contribution >= 0.6 is 0 Å². The fraction of sp³-hybridized carbons (Fsp3) is 0.700. The van der Waals surface area contributed by atoms with Crippen LogP contribution in [0.3, 0.4) is 0 Å². The monoisotopic (exact) mass is 589 g/mol. The molecule has 5 atom stereocenters. The second-order valence-corrected chi connectivity index (χ2v) is 12.0. The average Bonchev–Trinajstić information content (AvgIpc) is 3.43. The van der Waals surface area contributed by atoms with Crippen molar-refractivity contribution in [1.82, 2.24) is 15.0 Å². The first-order valence-corrected chi connectivity index (χ1v) is 15.1. The lowest BCUT2D eigenvalue weighted by Gasteiger charge is -2.36. The van der Waals surface area contributed by atoms with Gasteiger partial charge in [-0.3, -0.25) is 0 Å². The first kappa shape index (κ1) is 30.8. The number of anilines is 2. The van der Waals surface area contributed by atoms with E-state index in [0.29, 0.717) is 18.4 Å². The molecule has 0 unspecified atom stereocenters. The van der Waals surface area contributed by atoms with E-state index in [1.807, 2.05) is 33.8 Å². The molecule has 12 heteroatoms. The van der Waals surface area contributed by atoms with Gasteiger partial charge in [-0.1, -0.05) is 51.2 Å². The van der Waals surface area contributed by atoms with Crippen molar-refractivity contribution in [2.24, 2.45) is 0 Å². The lowest BCUT2D eigenvalue weighted by Crippen LogP contribution is -2.56. The highest BCUT2D eigenvalue weighted by Gasteiger charge is 2.60. The number of halogens is 1. The van der Waals surface area contributed by atoms with E-state index in [1.54, 1.807) is 6.07 Å². The SMILES string of the molecule is CCCCCCCCNc1nc(NCc2cccc(F)c2)nc(OC[C@H]2O[C@@H]3OC(C)(C)O[C@@H]3[C@H]3OC(C)(C)O[C@H]32)n1. The quantitative estimate of drug-likeness (QED) is 0.284. The van der Waals surface area contributed by atoms with Gasteiger partial charge in [0.05, 0.1) is 0 Å². The summed E-state index contributed by atoms with van der Waals surface area (Å²) in [5, 5.41) is 6.45. The molecule has 1 aromatic carbocycles. The van der Waals surface area contributed by atoms with E-state index in [-0.39, 0.29) is 24.5 Å². The lowest BCUT2D eigenvalue weighted by atomic mass is 9.99. The van der Waals surface area contributed by atoms with Gasteiger partial charge in [0, 0.05) is 13.1 Å². The van der Waals surface area contributed by atoms with Crippen LogP contribution in [-0.4, -0.2) is 70.4 Å². The van der Waals surface area contributed by atoms with Crippen molar-refractivity contribution in [1.29, 1.82) is 0 Å². The molecular formula is C30H44FN5O6. The van der Waals surface area contributed by atoms with Crippen LogP contribution in [0.1, 0.15) is 78.7 Å². The number of benzene rings is 1. The van der Waals surface area contributed by atoms with E-state index >= 15 is 0 Å². The highest BCUT2D eigenvalue weighted by atomic mass is 19.1. The standard InChI is InChI=1S/C30H44FN5O6/c1-6-7-8-9-10-11-15-32-26-34-27(33-17-19-13-12-14-20(31)16-19)36-28(35-26)37-18-21-22-23(40-29(2,3)39-22)24-25(38-21)42-30(4,5)41-24/h12-14,16,21-25H,6-11,15,17-18H2,1-5H3,(H2,32,33,34,35,36)/t21-,22+,23+,24-,25-/m1/s1. The number of fused-ring (bicyclic) bond motifs is 3. The van der Waals surface area contributed by atoms with Gasteiger partial charge in [-0.05, 0) is 51.8 Å². The second-order valence-electron chi connectivity index (χ2n) is 12.0. The Morgan fingerprint density at radius 2 is 1.52 bits per heavy atom. The summed E-state index contributed by atoms with van der Waals surface area (Å²) in [7, 11) is 0. The van der Waals surface area contributed by atoms with Crippen LogP contribution in [0, 0.1) is 5.82 Å². The summed E-state index contributed by atoms with van der Waals surface area (Å²) in [6.07, 6.45) is 4.71. The number of unbranched alkanes of at least 4 members (excludes halogenated alkanes) is 5. The van der Waals surface area contributed by atoms with Crippen LogP contribution in [-0.2, 0) is 30.2 Å². The highest BCUT2D eigenvalue weighted by molar-refractivity contribution is 5.36. The fourth-order valence-corrected chi connectivity index (χ4v) is 5.50. The van der Waals surface area contributed by atoms with Gasteiger partial charge in [-0.15, -0.1) is 0 Å². The smallest absolute Gasteiger partial charge is 0.323 e. The predicted molar refractivity (Wildman–Crippen MR) is 153 cm³/mol. The number of rotatable bonds is 14. The van der Waals surface area contributed by atoms with E-state index in [4.69, 9.17) is 28.4 Å². The molecule has 11 nitrogen and oxygen atoms in total. The maximum atomic E-state index is 13.7. The summed E-state index contributed by atoms with van der Waals surface area (Å²) in [6, 6.07) is 6.50. The van der Waals surface area contributed by atoms with Gasteiger partial charge in [0.25, 0.3) is 0 Å². The van der Waals surface area contributed by atoms with E-state index in [1.165, 1.54) is 37.8 Å². The molecule has 3 fully saturated rings. The molecule has 2 N–H and O–H groups in total. The minimum Gasteiger partial charge on any atom is -0.460 e. The zero-order valence-corrected chi connectivity index (χ0v) is 25.2. The number of hydrogen-bond acceptors (Lipinski definition) is 11. The third-order valence-corrected chi connectivity index (χ3v) is 7.40. The maximum Gasteiger partial charge on any atom is 0.323 e. The predicted octanol–water partition coefficient (Wildman–Crippen LogP) is 5.17. The van der Waals surface area contributed by atoms with E-state index in [9.17, 15) is 4.39 Å². The molecular weight excluding hydrogens is 545 g/mol. The highest BCUT2D eigenvalue weighted by Crippen LogP contribution is 2.44. The molecule has 0 saturated carbocycles. The lowest BCUT2D eigenvalue weighted by molar-refractivity contribution is -0.238. The van der Waals surface area contributed by atoms with Crippen molar-refractivity contribution in [2.45, 2.75) is 122 Å². The molecule has 3 aliphatic heterocycles. The summed E-state index contributed by atoms with van der Waals surface area (Å²) in [6.45, 7) is 10.8. The Balaban J connectivity index is 1.26. The van der Waals surface area contributed by atoms with Gasteiger partial charge in [-0.25, -0.2) is 4.39 Å². The molecule has 1 aromatic heterocycles. The number of nitrogens with zero attached hydrogens (tertiary/aromatic N) is 3. The molecule has 3 saturated heterocycles. The molecule has 5 rings (SSSR count). The molecule has 232 valence electrons. The Morgan fingerprint density at radius 1 is 0.833 bits per heavy atom. The van der Waals surface area contributed by atoms with Gasteiger partial charge >= 0.3 is 6.01 Å². The van der Waals surface area contributed by atoms with Crippen LogP contribution < -0.4 is 15.4 Å². The largest absolute Gasteiger partial charge is 0.460 e. The van der Waals surface area contributed by atoms with Crippen molar-refractivity contribution < 1.29 is 32.8 Å². The third-order valence-electron chi connectivity index (χ3n) is 7.40. The minimum atomic E-state index is -0.809. The molecule has 0 aliphatic carbocycles. The summed E-state index contributed by atoms with van der Waals surface area (Å²) >= 11 is 0. The van der Waals surface area contributed by atoms with Gasteiger partial charge < -0.3 is 39.1 Å². The number of ether oxygens (including phenoxy) is 6. The Labute approximate surface area is 247 Å². The molecule has 3 aliphatic rings. The van der Waals surface area contributed by atoms with Crippen molar-refractivity contribution in [3.8, 4) is 6.01 Å². The average molecular weight is 590 g/mol. The number of aromatic nitrogens is 3. The Hall–Kier alpha value is -2.64. The van der Waals surface area contributed by atoms with Crippen LogP contribution in [0.4, 0.5) is 16.3 Å². The van der Waals surface area contributed by atoms with Crippen LogP contribution in [0.2, 0.25) is 0 Å². The summed E-state index contributed by atoms with van der Waals surface area (Å²) in [5.41, 5.74) is 0.762. The van der Waals surface area contributed by atoms with Crippen LogP contribution in [0.25, 0.3) is 0 Å². The molecule has 0 radical (unpaired) electrons. The Bertz CT molecular complexity index is 1190. The van der Waals surface area contributed by atoms with Crippen molar-refractivity contribution in [3.63, 3.8) is 0 Å². The summed E-state index contributed by atoms with van der Waals surface area (Å²) in [4.78, 5) is 13.5. The first-order chi connectivity index (χ1) is 20.1. The normalized spacial score (nSPS) is 27.3. The first-order valence-electron chi connectivity index (χ1n) is 15.1. The molecule has 4 heterocycles. The molecule has 42 heavy (non-hydrogen) atoms. The molecule has 0 bridgehead atoms. The zero-order chi connectivity index (χ0) is 29.7. The van der Waals surface area contributed by atoms with Gasteiger partial charge in [0.2, 0.25) is 11.9 Å². The molecule has 0 spiro atoms. The topological polar surface area (TPSA) is 118 Å². The van der Waals surface area contributed by atoms with Gasteiger partial charge in [0.1, 0.15) is 36.8 Å². The fourth-order valence-electron chi connectivity index (χ4n) is 5.50. The second kappa shape index (κ2) is 13.3. The zero-order valence-electron chi connectivity index (χ0n) is 25.2. The van der Waals surface area contributed by atoms with Gasteiger partial charge in [-0.2, -0.15) is 15.0 Å². The number of nitrogens with one attached hydrogen (secondary N) is 2. The van der Waals surface area contributed by atoms with E-state index in [0.717, 1.165) is 24.9 Å². The molecule has 0 amide bonds. The van der Waals surface area contributed by atoms with Crippen LogP contribution in [0.5, 0.6) is 6.01 Å². The van der Waals surface area contributed by atoms with E-state index in [2.05, 4.69) is 32.5 Å².